The Kier molecular flexibility index (Phi) is 4.13. The summed E-state index contributed by atoms with van der Waals surface area (Å²) in [6.07, 6.45) is 4.20. The molecule has 3 rings (SSSR count). The minimum absolute atomic E-state index is 0.144. The maximum atomic E-state index is 12.8. The predicted octanol–water partition coefficient (Wildman–Crippen LogP) is 2.39. The van der Waals surface area contributed by atoms with E-state index in [0.29, 0.717) is 5.92 Å². The average Bonchev–Trinajstić information content (AvgIpc) is 3.31. The summed E-state index contributed by atoms with van der Waals surface area (Å²) in [6.45, 7) is 2.10. The standard InChI is InChI=1S/C18H25NO3/c1-3-16(12-10-14(20)11-12)19-17(21)18(8-9-18)13-4-6-15(22-2)7-5-13/h4-7,12,14,16,20H,3,8-11H2,1-2H3,(H,19,21). The van der Waals surface area contributed by atoms with Crippen molar-refractivity contribution in [3.05, 3.63) is 29.8 Å². The van der Waals surface area contributed by atoms with Crippen molar-refractivity contribution < 1.29 is 14.6 Å². The molecule has 0 heterocycles. The normalized spacial score (nSPS) is 26.7. The number of carbonyl (C=O) groups is 1. The van der Waals surface area contributed by atoms with E-state index in [2.05, 4.69) is 12.2 Å². The van der Waals surface area contributed by atoms with Gasteiger partial charge in [0.2, 0.25) is 5.91 Å². The van der Waals surface area contributed by atoms with Crippen LogP contribution in [-0.2, 0) is 10.2 Å². The zero-order valence-electron chi connectivity index (χ0n) is 13.3. The Morgan fingerprint density at radius 3 is 2.45 bits per heavy atom. The van der Waals surface area contributed by atoms with E-state index in [0.717, 1.165) is 43.4 Å². The summed E-state index contributed by atoms with van der Waals surface area (Å²) in [4.78, 5) is 12.8. The summed E-state index contributed by atoms with van der Waals surface area (Å²) in [7, 11) is 1.65. The zero-order valence-corrected chi connectivity index (χ0v) is 13.3. The zero-order chi connectivity index (χ0) is 15.7. The number of nitrogens with one attached hydrogen (secondary N) is 1. The maximum absolute atomic E-state index is 12.8. The number of carbonyl (C=O) groups excluding carboxylic acids is 1. The number of hydrogen-bond acceptors (Lipinski definition) is 3. The van der Waals surface area contributed by atoms with E-state index in [1.165, 1.54) is 0 Å². The van der Waals surface area contributed by atoms with E-state index in [1.54, 1.807) is 7.11 Å². The number of ether oxygens (including phenoxy) is 1. The highest BCUT2D eigenvalue weighted by Gasteiger charge is 2.52. The summed E-state index contributed by atoms with van der Waals surface area (Å²) in [5.41, 5.74) is 0.733. The van der Waals surface area contributed by atoms with Crippen LogP contribution < -0.4 is 10.1 Å². The van der Waals surface area contributed by atoms with Crippen LogP contribution >= 0.6 is 0 Å². The monoisotopic (exact) mass is 303 g/mol. The Labute approximate surface area is 131 Å². The maximum Gasteiger partial charge on any atom is 0.230 e. The third-order valence-electron chi connectivity index (χ3n) is 5.30. The minimum Gasteiger partial charge on any atom is -0.497 e. The largest absolute Gasteiger partial charge is 0.497 e. The van der Waals surface area contributed by atoms with Crippen molar-refractivity contribution in [2.75, 3.05) is 7.11 Å². The van der Waals surface area contributed by atoms with Crippen molar-refractivity contribution in [3.8, 4) is 5.75 Å². The molecule has 1 aromatic rings. The van der Waals surface area contributed by atoms with Gasteiger partial charge in [0.05, 0.1) is 18.6 Å². The van der Waals surface area contributed by atoms with Crippen molar-refractivity contribution in [1.82, 2.24) is 5.32 Å². The van der Waals surface area contributed by atoms with Crippen molar-refractivity contribution in [3.63, 3.8) is 0 Å². The highest BCUT2D eigenvalue weighted by atomic mass is 16.5. The van der Waals surface area contributed by atoms with E-state index in [1.807, 2.05) is 24.3 Å². The fourth-order valence-corrected chi connectivity index (χ4v) is 3.50. The highest BCUT2D eigenvalue weighted by molar-refractivity contribution is 5.91. The Hall–Kier alpha value is -1.55. The van der Waals surface area contributed by atoms with Crippen molar-refractivity contribution in [2.24, 2.45) is 5.92 Å². The lowest BCUT2D eigenvalue weighted by molar-refractivity contribution is -0.125. The molecule has 120 valence electrons. The SMILES string of the molecule is CCC(NC(=O)C1(c2ccc(OC)cc2)CC1)C1CC(O)C1. The first-order valence-electron chi connectivity index (χ1n) is 8.22. The van der Waals surface area contributed by atoms with Crippen LogP contribution in [0.1, 0.15) is 44.6 Å². The van der Waals surface area contributed by atoms with Gasteiger partial charge in [-0.2, -0.15) is 0 Å². The smallest absolute Gasteiger partial charge is 0.230 e. The molecule has 0 aliphatic heterocycles. The van der Waals surface area contributed by atoms with Crippen LogP contribution in [0.15, 0.2) is 24.3 Å². The Balaban J connectivity index is 1.67. The molecule has 0 bridgehead atoms. The van der Waals surface area contributed by atoms with Gasteiger partial charge >= 0.3 is 0 Å². The Bertz CT molecular complexity index is 530. The molecule has 2 N–H and O–H groups in total. The lowest BCUT2D eigenvalue weighted by Crippen LogP contribution is -2.49. The van der Waals surface area contributed by atoms with Gasteiger partial charge < -0.3 is 15.2 Å². The second-order valence-electron chi connectivity index (χ2n) is 6.68. The highest BCUT2D eigenvalue weighted by Crippen LogP contribution is 2.49. The lowest BCUT2D eigenvalue weighted by atomic mass is 9.76. The molecule has 4 heteroatoms. The molecule has 2 aliphatic rings. The molecule has 22 heavy (non-hydrogen) atoms. The van der Waals surface area contributed by atoms with Gasteiger partial charge in [-0.1, -0.05) is 19.1 Å². The summed E-state index contributed by atoms with van der Waals surface area (Å²) >= 11 is 0. The third kappa shape index (κ3) is 2.72. The number of methoxy groups -OCH3 is 1. The van der Waals surface area contributed by atoms with E-state index >= 15 is 0 Å². The quantitative estimate of drug-likeness (QED) is 0.848. The molecule has 1 amide bonds. The first-order valence-corrected chi connectivity index (χ1v) is 8.22. The molecular formula is C18H25NO3. The predicted molar refractivity (Wildman–Crippen MR) is 84.9 cm³/mol. The molecule has 1 unspecified atom stereocenters. The summed E-state index contributed by atoms with van der Waals surface area (Å²) in [5, 5.41) is 12.7. The van der Waals surface area contributed by atoms with Crippen LogP contribution in [0.5, 0.6) is 5.75 Å². The number of amides is 1. The number of aliphatic hydroxyl groups is 1. The topological polar surface area (TPSA) is 58.6 Å². The average molecular weight is 303 g/mol. The third-order valence-corrected chi connectivity index (χ3v) is 5.30. The van der Waals surface area contributed by atoms with Gasteiger partial charge in [0, 0.05) is 6.04 Å². The van der Waals surface area contributed by atoms with Gasteiger partial charge in [-0.3, -0.25) is 4.79 Å². The molecule has 0 aromatic heterocycles. The van der Waals surface area contributed by atoms with Gasteiger partial charge in [0.15, 0.2) is 0 Å². The molecule has 0 spiro atoms. The van der Waals surface area contributed by atoms with Gasteiger partial charge in [-0.25, -0.2) is 0 Å². The molecule has 4 nitrogen and oxygen atoms in total. The van der Waals surface area contributed by atoms with Gasteiger partial charge in [-0.05, 0) is 55.7 Å². The van der Waals surface area contributed by atoms with Crippen molar-refractivity contribution in [2.45, 2.75) is 56.6 Å². The Morgan fingerprint density at radius 2 is 2.00 bits per heavy atom. The van der Waals surface area contributed by atoms with Gasteiger partial charge in [0.25, 0.3) is 0 Å². The van der Waals surface area contributed by atoms with Gasteiger partial charge in [0.1, 0.15) is 5.75 Å². The van der Waals surface area contributed by atoms with E-state index in [4.69, 9.17) is 4.74 Å². The number of aliphatic hydroxyl groups excluding tert-OH is 1. The molecular weight excluding hydrogens is 278 g/mol. The Morgan fingerprint density at radius 1 is 1.36 bits per heavy atom. The van der Waals surface area contributed by atoms with Crippen LogP contribution in [0, 0.1) is 5.92 Å². The summed E-state index contributed by atoms with van der Waals surface area (Å²) < 4.78 is 5.18. The van der Waals surface area contributed by atoms with Crippen LogP contribution in [0.2, 0.25) is 0 Å². The first kappa shape index (κ1) is 15.3. The van der Waals surface area contributed by atoms with Crippen molar-refractivity contribution >= 4 is 5.91 Å². The molecule has 2 aliphatic carbocycles. The second-order valence-corrected chi connectivity index (χ2v) is 6.68. The number of benzene rings is 1. The molecule has 0 radical (unpaired) electrons. The first-order chi connectivity index (χ1) is 10.6. The molecule has 2 fully saturated rings. The fraction of sp³-hybridized carbons (Fsp3) is 0.611. The molecule has 1 atom stereocenters. The van der Waals surface area contributed by atoms with E-state index < -0.39 is 0 Å². The van der Waals surface area contributed by atoms with Crippen LogP contribution in [0.3, 0.4) is 0 Å². The summed E-state index contributed by atoms with van der Waals surface area (Å²) in [6, 6.07) is 8.02. The van der Waals surface area contributed by atoms with E-state index in [9.17, 15) is 9.90 Å². The van der Waals surface area contributed by atoms with Crippen molar-refractivity contribution in [1.29, 1.82) is 0 Å². The molecule has 0 saturated heterocycles. The number of hydrogen-bond donors (Lipinski definition) is 2. The lowest BCUT2D eigenvalue weighted by Gasteiger charge is -2.38. The van der Waals surface area contributed by atoms with E-state index in [-0.39, 0.29) is 23.5 Å². The molecule has 2 saturated carbocycles. The van der Waals surface area contributed by atoms with Crippen LogP contribution in [0.4, 0.5) is 0 Å². The van der Waals surface area contributed by atoms with Crippen LogP contribution in [-0.4, -0.2) is 30.3 Å². The number of rotatable bonds is 6. The van der Waals surface area contributed by atoms with Gasteiger partial charge in [-0.15, -0.1) is 0 Å². The molecule has 1 aromatic carbocycles. The second kappa shape index (κ2) is 5.92. The minimum atomic E-state index is -0.345. The summed E-state index contributed by atoms with van der Waals surface area (Å²) in [5.74, 6) is 1.39. The fourth-order valence-electron chi connectivity index (χ4n) is 3.50. The van der Waals surface area contributed by atoms with Crippen LogP contribution in [0.25, 0.3) is 0 Å².